The van der Waals surface area contributed by atoms with Crippen LogP contribution in [0, 0.1) is 10.1 Å². The molecular weight excluding hydrogens is 302 g/mol. The third-order valence-corrected chi connectivity index (χ3v) is 3.81. The van der Waals surface area contributed by atoms with Gasteiger partial charge in [0.05, 0.1) is 4.92 Å². The Morgan fingerprint density at radius 3 is 2.21 bits per heavy atom. The van der Waals surface area contributed by atoms with Crippen LogP contribution >= 0.6 is 0 Å². The molecule has 0 radical (unpaired) electrons. The molecule has 0 N–H and O–H groups in total. The lowest BCUT2D eigenvalue weighted by molar-refractivity contribution is -0.428. The molecule has 24 heavy (non-hydrogen) atoms. The lowest BCUT2D eigenvalue weighted by Crippen LogP contribution is -1.98. The topological polar surface area (TPSA) is 60.2 Å². The molecule has 4 nitrogen and oxygen atoms in total. The average molecular weight is 335 g/mol. The molecule has 0 aromatic heterocycles. The summed E-state index contributed by atoms with van der Waals surface area (Å²) in [4.78, 5) is 20.8. The second-order valence-corrected chi connectivity index (χ2v) is 5.98. The van der Waals surface area contributed by atoms with Crippen LogP contribution in [0.25, 0.3) is 0 Å². The molecule has 0 amide bonds. The highest BCUT2D eigenvalue weighted by atomic mass is 16.6. The van der Waals surface area contributed by atoms with Gasteiger partial charge in [0.2, 0.25) is 5.70 Å². The van der Waals surface area contributed by atoms with Crippen LogP contribution in [0.1, 0.15) is 84.0 Å². The minimum Gasteiger partial charge on any atom is -0.303 e. The number of rotatable bonds is 16. The standard InChI is InChI=1S/C20H33NO3/c1-2-3-14-17-20(21(23)24)18-15-12-10-8-6-4-5-7-9-11-13-16-19-22/h4,6,10,12,18-19H,2-3,5,7-9,11,13-17H2,1H3/b6-4+,12-10+,20-18-. The lowest BCUT2D eigenvalue weighted by Gasteiger charge is -1.97. The summed E-state index contributed by atoms with van der Waals surface area (Å²) >= 11 is 0. The Labute approximate surface area is 146 Å². The van der Waals surface area contributed by atoms with E-state index in [1.807, 2.05) is 6.08 Å². The second-order valence-electron chi connectivity index (χ2n) is 5.98. The maximum absolute atomic E-state index is 10.9. The lowest BCUT2D eigenvalue weighted by atomic mass is 10.1. The van der Waals surface area contributed by atoms with E-state index in [9.17, 15) is 14.9 Å². The maximum atomic E-state index is 10.9. The van der Waals surface area contributed by atoms with Gasteiger partial charge in [0.15, 0.2) is 0 Å². The normalized spacial score (nSPS) is 12.3. The predicted molar refractivity (Wildman–Crippen MR) is 100 cm³/mol. The highest BCUT2D eigenvalue weighted by Crippen LogP contribution is 2.11. The van der Waals surface area contributed by atoms with E-state index in [1.165, 1.54) is 12.8 Å². The summed E-state index contributed by atoms with van der Waals surface area (Å²) < 4.78 is 0. The smallest absolute Gasteiger partial charge is 0.242 e. The highest BCUT2D eigenvalue weighted by Gasteiger charge is 2.08. The van der Waals surface area contributed by atoms with Gasteiger partial charge in [-0.2, -0.15) is 0 Å². The zero-order valence-corrected chi connectivity index (χ0v) is 15.1. The van der Waals surface area contributed by atoms with Crippen LogP contribution in [0.15, 0.2) is 36.1 Å². The van der Waals surface area contributed by atoms with Gasteiger partial charge in [-0.25, -0.2) is 0 Å². The van der Waals surface area contributed by atoms with Crippen LogP contribution in [0.3, 0.4) is 0 Å². The number of hydrogen-bond acceptors (Lipinski definition) is 3. The van der Waals surface area contributed by atoms with Crippen molar-refractivity contribution < 1.29 is 9.72 Å². The molecule has 0 aliphatic rings. The largest absolute Gasteiger partial charge is 0.303 e. The fourth-order valence-electron chi connectivity index (χ4n) is 2.36. The molecule has 136 valence electrons. The molecule has 0 aliphatic carbocycles. The van der Waals surface area contributed by atoms with E-state index in [0.717, 1.165) is 51.2 Å². The first kappa shape index (κ1) is 22.3. The van der Waals surface area contributed by atoms with Gasteiger partial charge in [-0.15, -0.1) is 0 Å². The molecule has 0 atom stereocenters. The Balaban J connectivity index is 3.74. The third-order valence-electron chi connectivity index (χ3n) is 3.81. The fourth-order valence-corrected chi connectivity index (χ4v) is 2.36. The van der Waals surface area contributed by atoms with Crippen molar-refractivity contribution in [3.05, 3.63) is 46.2 Å². The highest BCUT2D eigenvalue weighted by molar-refractivity contribution is 5.48. The van der Waals surface area contributed by atoms with Gasteiger partial charge in [-0.1, -0.05) is 56.9 Å². The van der Waals surface area contributed by atoms with E-state index in [4.69, 9.17) is 0 Å². The summed E-state index contributed by atoms with van der Waals surface area (Å²) in [6, 6.07) is 0. The van der Waals surface area contributed by atoms with Crippen LogP contribution in [0.5, 0.6) is 0 Å². The van der Waals surface area contributed by atoms with E-state index < -0.39 is 0 Å². The van der Waals surface area contributed by atoms with Crippen molar-refractivity contribution in [1.82, 2.24) is 0 Å². The molecule has 0 saturated carbocycles. The minimum absolute atomic E-state index is 0.251. The number of nitro groups is 1. The fraction of sp³-hybridized carbons (Fsp3) is 0.650. The molecule has 0 spiro atoms. The summed E-state index contributed by atoms with van der Waals surface area (Å²) in [6.07, 6.45) is 22.5. The van der Waals surface area contributed by atoms with E-state index in [0.29, 0.717) is 25.0 Å². The first-order valence-electron chi connectivity index (χ1n) is 9.29. The SMILES string of the molecule is CCCCC/C(=C/C/C=C/C/C=C/CCCCCCC=O)[N+](=O)[O-]. The van der Waals surface area contributed by atoms with Crippen molar-refractivity contribution in [3.8, 4) is 0 Å². The van der Waals surface area contributed by atoms with Crippen LogP contribution in [-0.4, -0.2) is 11.2 Å². The van der Waals surface area contributed by atoms with E-state index >= 15 is 0 Å². The summed E-state index contributed by atoms with van der Waals surface area (Å²) in [6.45, 7) is 2.10. The summed E-state index contributed by atoms with van der Waals surface area (Å²) in [5.74, 6) is 0. The molecule has 0 heterocycles. The molecule has 0 unspecified atom stereocenters. The first-order valence-corrected chi connectivity index (χ1v) is 9.29. The van der Waals surface area contributed by atoms with Crippen molar-refractivity contribution in [2.45, 2.75) is 84.0 Å². The van der Waals surface area contributed by atoms with Gasteiger partial charge in [0, 0.05) is 12.8 Å². The quantitative estimate of drug-likeness (QED) is 0.112. The Hall–Kier alpha value is -1.71. The van der Waals surface area contributed by atoms with Gasteiger partial charge in [0.1, 0.15) is 6.29 Å². The Morgan fingerprint density at radius 1 is 0.875 bits per heavy atom. The molecule has 0 saturated heterocycles. The monoisotopic (exact) mass is 335 g/mol. The molecule has 0 fully saturated rings. The van der Waals surface area contributed by atoms with E-state index in [1.54, 1.807) is 6.08 Å². The van der Waals surface area contributed by atoms with Crippen molar-refractivity contribution in [2.75, 3.05) is 0 Å². The van der Waals surface area contributed by atoms with Crippen molar-refractivity contribution in [3.63, 3.8) is 0 Å². The molecule has 0 rings (SSSR count). The minimum atomic E-state index is -0.251. The molecule has 0 aliphatic heterocycles. The van der Waals surface area contributed by atoms with Crippen LogP contribution in [0.2, 0.25) is 0 Å². The van der Waals surface area contributed by atoms with Crippen molar-refractivity contribution in [1.29, 1.82) is 0 Å². The number of carbonyl (C=O) groups is 1. The van der Waals surface area contributed by atoms with Crippen LogP contribution in [-0.2, 0) is 4.79 Å². The Morgan fingerprint density at radius 2 is 1.54 bits per heavy atom. The number of carbonyl (C=O) groups excluding carboxylic acids is 1. The number of allylic oxidation sites excluding steroid dienone is 6. The molecular formula is C20H33NO3. The predicted octanol–water partition coefficient (Wildman–Crippen LogP) is 6.16. The Bertz CT molecular complexity index is 411. The second kappa shape index (κ2) is 17.6. The zero-order valence-electron chi connectivity index (χ0n) is 15.1. The average Bonchev–Trinajstić information content (AvgIpc) is 2.57. The number of hydrogen-bond donors (Lipinski definition) is 0. The Kier molecular flexibility index (Phi) is 16.4. The molecule has 0 aromatic rings. The van der Waals surface area contributed by atoms with E-state index in [2.05, 4.69) is 25.2 Å². The number of aldehydes is 1. The maximum Gasteiger partial charge on any atom is 0.242 e. The third kappa shape index (κ3) is 15.2. The first-order chi connectivity index (χ1) is 11.7. The summed E-state index contributed by atoms with van der Waals surface area (Å²) in [5.41, 5.74) is 0.346. The number of nitrogens with zero attached hydrogens (tertiary/aromatic N) is 1. The van der Waals surface area contributed by atoms with Crippen molar-refractivity contribution >= 4 is 6.29 Å². The van der Waals surface area contributed by atoms with Gasteiger partial charge in [-0.05, 0) is 44.6 Å². The summed E-state index contributed by atoms with van der Waals surface area (Å²) in [5, 5.41) is 10.9. The molecule has 4 heteroatoms. The summed E-state index contributed by atoms with van der Waals surface area (Å²) in [7, 11) is 0. The van der Waals surface area contributed by atoms with Gasteiger partial charge >= 0.3 is 0 Å². The van der Waals surface area contributed by atoms with Gasteiger partial charge in [0.25, 0.3) is 0 Å². The number of unbranched alkanes of at least 4 members (excludes halogenated alkanes) is 7. The molecule has 0 bridgehead atoms. The molecule has 0 aromatic carbocycles. The van der Waals surface area contributed by atoms with Crippen LogP contribution in [0.4, 0.5) is 0 Å². The zero-order chi connectivity index (χ0) is 17.9. The van der Waals surface area contributed by atoms with Crippen LogP contribution < -0.4 is 0 Å². The van der Waals surface area contributed by atoms with E-state index in [-0.39, 0.29) is 4.92 Å². The van der Waals surface area contributed by atoms with Gasteiger partial charge in [-0.3, -0.25) is 10.1 Å². The van der Waals surface area contributed by atoms with Crippen molar-refractivity contribution in [2.24, 2.45) is 0 Å². The van der Waals surface area contributed by atoms with Gasteiger partial charge < -0.3 is 4.79 Å².